The van der Waals surface area contributed by atoms with E-state index in [1.54, 1.807) is 0 Å². The topological polar surface area (TPSA) is 45.7 Å². The third kappa shape index (κ3) is 2.45. The fraction of sp³-hybridized carbons (Fsp3) is 0.933. The lowest BCUT2D eigenvalue weighted by Gasteiger charge is -2.23. The molecule has 0 spiro atoms. The highest BCUT2D eigenvalue weighted by atomic mass is 127. The summed E-state index contributed by atoms with van der Waals surface area (Å²) in [5.41, 5.74) is 0.658. The molecule has 5 heteroatoms. The summed E-state index contributed by atoms with van der Waals surface area (Å²) in [6.45, 7) is 9.27. The molecule has 3 atom stereocenters. The van der Waals surface area contributed by atoms with E-state index >= 15 is 0 Å². The second kappa shape index (κ2) is 5.30. The van der Waals surface area contributed by atoms with Crippen LogP contribution in [0.5, 0.6) is 0 Å². The Morgan fingerprint density at radius 2 is 1.75 bits per heavy atom. The van der Waals surface area contributed by atoms with E-state index in [0.717, 1.165) is 12.4 Å². The van der Waals surface area contributed by atoms with Crippen LogP contribution in [0, 0.1) is 10.8 Å². The van der Waals surface area contributed by atoms with E-state index in [9.17, 15) is 0 Å². The largest absolute Gasteiger partial charge is 0.373 e. The molecule has 20 heavy (non-hydrogen) atoms. The first-order chi connectivity index (χ1) is 8.86. The molecule has 3 rings (SSSR count). The van der Waals surface area contributed by atoms with Gasteiger partial charge >= 0.3 is 0 Å². The first-order valence-electron chi connectivity index (χ1n) is 7.51. The standard InChI is InChI=1S/C15H27N3O.HI/c1-14(2)12(15(14,3)4)18-13(16-5)17-10-8-9-6-7-11(10)19-9;/h9-12H,6-8H2,1-5H3,(H2,16,17,18);1H. The molecule has 116 valence electrons. The number of halogens is 1. The van der Waals surface area contributed by atoms with Gasteiger partial charge in [-0.1, -0.05) is 27.7 Å². The van der Waals surface area contributed by atoms with Crippen molar-refractivity contribution in [3.05, 3.63) is 0 Å². The van der Waals surface area contributed by atoms with E-state index in [4.69, 9.17) is 4.74 Å². The highest BCUT2D eigenvalue weighted by Crippen LogP contribution is 2.62. The van der Waals surface area contributed by atoms with E-state index in [0.29, 0.717) is 35.1 Å². The molecule has 0 aromatic heterocycles. The lowest BCUT2D eigenvalue weighted by Crippen LogP contribution is -2.48. The molecule has 1 aliphatic carbocycles. The van der Waals surface area contributed by atoms with Crippen LogP contribution in [0.1, 0.15) is 47.0 Å². The highest BCUT2D eigenvalue weighted by molar-refractivity contribution is 14.0. The van der Waals surface area contributed by atoms with Crippen molar-refractivity contribution >= 4 is 29.9 Å². The second-order valence-electron chi connectivity index (χ2n) is 7.45. The van der Waals surface area contributed by atoms with Crippen molar-refractivity contribution in [1.82, 2.24) is 10.6 Å². The minimum atomic E-state index is 0. The van der Waals surface area contributed by atoms with Gasteiger partial charge in [0.1, 0.15) is 0 Å². The normalized spacial score (nSPS) is 37.5. The summed E-state index contributed by atoms with van der Waals surface area (Å²) >= 11 is 0. The van der Waals surface area contributed by atoms with Gasteiger partial charge in [0, 0.05) is 13.1 Å². The Balaban J connectivity index is 0.00000147. The van der Waals surface area contributed by atoms with Crippen molar-refractivity contribution in [1.29, 1.82) is 0 Å². The molecule has 2 heterocycles. The SMILES string of the molecule is CN=C(NC1CC2CCC1O2)NC1C(C)(C)C1(C)C.I. The Morgan fingerprint density at radius 1 is 1.10 bits per heavy atom. The van der Waals surface area contributed by atoms with Crippen molar-refractivity contribution in [3.8, 4) is 0 Å². The third-order valence-electron chi connectivity index (χ3n) is 5.95. The number of aliphatic imine (C=N–C) groups is 1. The number of hydrogen-bond donors (Lipinski definition) is 2. The quantitative estimate of drug-likeness (QED) is 0.431. The van der Waals surface area contributed by atoms with Gasteiger partial charge in [-0.05, 0) is 30.1 Å². The van der Waals surface area contributed by atoms with Crippen LogP contribution in [-0.2, 0) is 4.74 Å². The van der Waals surface area contributed by atoms with Crippen LogP contribution in [0.2, 0.25) is 0 Å². The van der Waals surface area contributed by atoms with E-state index in [1.807, 2.05) is 7.05 Å². The molecule has 4 nitrogen and oxygen atoms in total. The third-order valence-corrected chi connectivity index (χ3v) is 5.95. The molecule has 1 saturated carbocycles. The zero-order valence-corrected chi connectivity index (χ0v) is 15.5. The maximum absolute atomic E-state index is 5.89. The minimum absolute atomic E-state index is 0. The lowest BCUT2D eigenvalue weighted by atomic mass is 9.96. The van der Waals surface area contributed by atoms with Gasteiger partial charge in [-0.25, -0.2) is 0 Å². The zero-order chi connectivity index (χ0) is 13.8. The van der Waals surface area contributed by atoms with Gasteiger partial charge in [0.25, 0.3) is 0 Å². The van der Waals surface area contributed by atoms with Crippen LogP contribution >= 0.6 is 24.0 Å². The maximum atomic E-state index is 5.89. The number of nitrogens with one attached hydrogen (secondary N) is 2. The maximum Gasteiger partial charge on any atom is 0.191 e. The molecule has 0 aromatic rings. The van der Waals surface area contributed by atoms with Gasteiger partial charge in [0.2, 0.25) is 0 Å². The number of hydrogen-bond acceptors (Lipinski definition) is 2. The van der Waals surface area contributed by atoms with E-state index in [1.165, 1.54) is 12.8 Å². The number of ether oxygens (including phenoxy) is 1. The first-order valence-corrected chi connectivity index (χ1v) is 7.51. The Morgan fingerprint density at radius 3 is 2.15 bits per heavy atom. The second-order valence-corrected chi connectivity index (χ2v) is 7.45. The number of guanidine groups is 1. The summed E-state index contributed by atoms with van der Waals surface area (Å²) in [6, 6.07) is 0.931. The van der Waals surface area contributed by atoms with Crippen molar-refractivity contribution in [2.24, 2.45) is 15.8 Å². The fourth-order valence-electron chi connectivity index (χ4n) is 3.83. The molecule has 2 saturated heterocycles. The Hall–Kier alpha value is -0.0400. The van der Waals surface area contributed by atoms with Crippen molar-refractivity contribution in [3.63, 3.8) is 0 Å². The van der Waals surface area contributed by atoms with Gasteiger partial charge in [-0.3, -0.25) is 4.99 Å². The number of rotatable bonds is 2. The molecule has 0 radical (unpaired) electrons. The van der Waals surface area contributed by atoms with Crippen LogP contribution in [-0.4, -0.2) is 37.3 Å². The summed E-state index contributed by atoms with van der Waals surface area (Å²) in [5.74, 6) is 0.935. The summed E-state index contributed by atoms with van der Waals surface area (Å²) in [7, 11) is 1.85. The highest BCUT2D eigenvalue weighted by Gasteiger charge is 2.65. The summed E-state index contributed by atoms with van der Waals surface area (Å²) in [5, 5.41) is 7.15. The number of fused-ring (bicyclic) bond motifs is 2. The predicted octanol–water partition coefficient (Wildman–Crippen LogP) is 2.52. The van der Waals surface area contributed by atoms with Crippen LogP contribution in [0.15, 0.2) is 4.99 Å². The van der Waals surface area contributed by atoms with Gasteiger partial charge in [0.15, 0.2) is 5.96 Å². The monoisotopic (exact) mass is 393 g/mol. The van der Waals surface area contributed by atoms with Crippen LogP contribution in [0.3, 0.4) is 0 Å². The van der Waals surface area contributed by atoms with E-state index < -0.39 is 0 Å². The first kappa shape index (κ1) is 16.3. The molecular weight excluding hydrogens is 365 g/mol. The molecule has 0 amide bonds. The zero-order valence-electron chi connectivity index (χ0n) is 13.2. The lowest BCUT2D eigenvalue weighted by molar-refractivity contribution is 0.0992. The average Bonchev–Trinajstić information content (AvgIpc) is 2.81. The van der Waals surface area contributed by atoms with Gasteiger partial charge in [-0.2, -0.15) is 0 Å². The smallest absolute Gasteiger partial charge is 0.191 e. The van der Waals surface area contributed by atoms with E-state index in [2.05, 4.69) is 43.3 Å². The van der Waals surface area contributed by atoms with Crippen LogP contribution in [0.25, 0.3) is 0 Å². The Labute approximate surface area is 139 Å². The molecule has 3 aliphatic rings. The molecule has 3 unspecified atom stereocenters. The van der Waals surface area contributed by atoms with Crippen molar-refractivity contribution in [2.75, 3.05) is 7.05 Å². The molecular formula is C15H28IN3O. The predicted molar refractivity (Wildman–Crippen MR) is 92.7 cm³/mol. The fourth-order valence-corrected chi connectivity index (χ4v) is 3.83. The average molecular weight is 393 g/mol. The van der Waals surface area contributed by atoms with Crippen LogP contribution < -0.4 is 10.6 Å². The Kier molecular flexibility index (Phi) is 4.33. The van der Waals surface area contributed by atoms with Gasteiger partial charge in [-0.15, -0.1) is 24.0 Å². The van der Waals surface area contributed by atoms with Crippen LogP contribution in [0.4, 0.5) is 0 Å². The van der Waals surface area contributed by atoms with Crippen molar-refractivity contribution in [2.45, 2.75) is 71.2 Å². The summed E-state index contributed by atoms with van der Waals surface area (Å²) in [4.78, 5) is 4.39. The molecule has 2 bridgehead atoms. The molecule has 2 N–H and O–H groups in total. The molecule has 3 fully saturated rings. The van der Waals surface area contributed by atoms with Gasteiger partial charge < -0.3 is 15.4 Å². The summed E-state index contributed by atoms with van der Waals surface area (Å²) in [6.07, 6.45) is 4.43. The Bertz CT molecular complexity index is 394. The molecule has 2 aliphatic heterocycles. The van der Waals surface area contributed by atoms with Crippen molar-refractivity contribution < 1.29 is 4.74 Å². The minimum Gasteiger partial charge on any atom is -0.373 e. The molecule has 0 aromatic carbocycles. The summed E-state index contributed by atoms with van der Waals surface area (Å²) < 4.78 is 5.89. The number of nitrogens with zero attached hydrogens (tertiary/aromatic N) is 1. The van der Waals surface area contributed by atoms with E-state index in [-0.39, 0.29) is 24.0 Å². The van der Waals surface area contributed by atoms with Gasteiger partial charge in [0.05, 0.1) is 18.2 Å².